The van der Waals surface area contributed by atoms with Gasteiger partial charge in [0.05, 0.1) is 0 Å². The molecule has 1 unspecified atom stereocenters. The molecule has 7 heteroatoms. The highest BCUT2D eigenvalue weighted by Gasteiger charge is 2.23. The first-order valence-corrected chi connectivity index (χ1v) is 10.3. The second kappa shape index (κ2) is 10.1. The molecule has 1 heterocycles. The summed E-state index contributed by atoms with van der Waals surface area (Å²) in [4.78, 5) is 23.1. The van der Waals surface area contributed by atoms with Crippen LogP contribution in [0.5, 0.6) is 5.75 Å². The van der Waals surface area contributed by atoms with Crippen LogP contribution in [0.3, 0.4) is 0 Å². The molecule has 3 rings (SSSR count). The van der Waals surface area contributed by atoms with Crippen molar-refractivity contribution < 1.29 is 9.53 Å². The lowest BCUT2D eigenvalue weighted by molar-refractivity contribution is -0.127. The van der Waals surface area contributed by atoms with Gasteiger partial charge in [0.2, 0.25) is 5.95 Å². The van der Waals surface area contributed by atoms with Crippen molar-refractivity contribution >= 4 is 17.7 Å². The largest absolute Gasteiger partial charge is 0.481 e. The van der Waals surface area contributed by atoms with Gasteiger partial charge in [-0.2, -0.15) is 4.98 Å². The molecule has 1 atom stereocenters. The maximum absolute atomic E-state index is 12.3. The van der Waals surface area contributed by atoms with Crippen LogP contribution in [0.15, 0.2) is 42.6 Å². The van der Waals surface area contributed by atoms with E-state index in [2.05, 4.69) is 20.6 Å². The van der Waals surface area contributed by atoms with Gasteiger partial charge in [-0.05, 0) is 56.7 Å². The van der Waals surface area contributed by atoms with Crippen molar-refractivity contribution in [1.82, 2.24) is 15.3 Å². The average Bonchev–Trinajstić information content (AvgIpc) is 2.74. The Morgan fingerprint density at radius 3 is 2.59 bits per heavy atom. The zero-order valence-corrected chi connectivity index (χ0v) is 17.5. The van der Waals surface area contributed by atoms with Gasteiger partial charge in [-0.15, -0.1) is 0 Å². The number of hydrogen-bond donors (Lipinski definition) is 2. The highest BCUT2D eigenvalue weighted by atomic mass is 16.5. The third-order valence-electron chi connectivity index (χ3n) is 5.27. The lowest BCUT2D eigenvalue weighted by Crippen LogP contribution is -2.40. The van der Waals surface area contributed by atoms with E-state index in [-0.39, 0.29) is 5.91 Å². The number of aromatic nitrogens is 2. The Hall–Kier alpha value is -2.83. The summed E-state index contributed by atoms with van der Waals surface area (Å²) in [5.41, 5.74) is 0. The fourth-order valence-electron chi connectivity index (χ4n) is 3.51. The van der Waals surface area contributed by atoms with Gasteiger partial charge in [-0.25, -0.2) is 4.98 Å². The van der Waals surface area contributed by atoms with E-state index in [1.807, 2.05) is 55.4 Å². The molecule has 1 saturated carbocycles. The second-order valence-electron chi connectivity index (χ2n) is 7.81. The van der Waals surface area contributed by atoms with Crippen LogP contribution in [0.1, 0.15) is 32.6 Å². The summed E-state index contributed by atoms with van der Waals surface area (Å²) in [6, 6.07) is 11.7. The molecular formula is C22H31N5O2. The van der Waals surface area contributed by atoms with E-state index in [4.69, 9.17) is 4.74 Å². The van der Waals surface area contributed by atoms with Crippen molar-refractivity contribution in [3.63, 3.8) is 0 Å². The van der Waals surface area contributed by atoms with Gasteiger partial charge < -0.3 is 20.3 Å². The Kier molecular flexibility index (Phi) is 7.27. The Bertz CT molecular complexity index is 776. The smallest absolute Gasteiger partial charge is 0.260 e. The van der Waals surface area contributed by atoms with Crippen molar-refractivity contribution in [2.75, 3.05) is 30.9 Å². The SMILES string of the molecule is CC(Oc1ccccc1)C(=O)NC[C@H]1CC[C@@H](Nc2nccc(N(C)C)n2)CC1. The van der Waals surface area contributed by atoms with Crippen molar-refractivity contribution in [3.05, 3.63) is 42.6 Å². The highest BCUT2D eigenvalue weighted by molar-refractivity contribution is 5.80. The quantitative estimate of drug-likeness (QED) is 0.713. The monoisotopic (exact) mass is 397 g/mol. The van der Waals surface area contributed by atoms with Gasteiger partial charge in [0, 0.05) is 32.9 Å². The van der Waals surface area contributed by atoms with Gasteiger partial charge in [-0.3, -0.25) is 4.79 Å². The topological polar surface area (TPSA) is 79.4 Å². The third-order valence-corrected chi connectivity index (χ3v) is 5.27. The molecule has 156 valence electrons. The molecule has 0 radical (unpaired) electrons. The van der Waals surface area contributed by atoms with Crippen LogP contribution >= 0.6 is 0 Å². The third kappa shape index (κ3) is 6.34. The van der Waals surface area contributed by atoms with Crippen molar-refractivity contribution in [3.8, 4) is 5.75 Å². The van der Waals surface area contributed by atoms with Crippen molar-refractivity contribution in [2.24, 2.45) is 5.92 Å². The number of amides is 1. The summed E-state index contributed by atoms with van der Waals surface area (Å²) in [5, 5.41) is 6.49. The van der Waals surface area contributed by atoms with Gasteiger partial charge in [0.25, 0.3) is 5.91 Å². The molecule has 1 aliphatic carbocycles. The average molecular weight is 398 g/mol. The number of carbonyl (C=O) groups excluding carboxylic acids is 1. The molecule has 2 aromatic rings. The van der Waals surface area contributed by atoms with E-state index in [0.29, 0.717) is 30.2 Å². The first-order valence-electron chi connectivity index (χ1n) is 10.3. The molecule has 2 N–H and O–H groups in total. The van der Waals surface area contributed by atoms with Gasteiger partial charge in [0.1, 0.15) is 11.6 Å². The Morgan fingerprint density at radius 1 is 1.17 bits per heavy atom. The molecule has 0 spiro atoms. The molecule has 7 nitrogen and oxygen atoms in total. The molecular weight excluding hydrogens is 366 g/mol. The molecule has 0 aliphatic heterocycles. The Balaban J connectivity index is 1.38. The highest BCUT2D eigenvalue weighted by Crippen LogP contribution is 2.26. The summed E-state index contributed by atoms with van der Waals surface area (Å²) < 4.78 is 5.69. The minimum atomic E-state index is -0.503. The predicted molar refractivity (Wildman–Crippen MR) is 115 cm³/mol. The first kappa shape index (κ1) is 20.9. The number of nitrogens with zero attached hydrogens (tertiary/aromatic N) is 3. The number of ether oxygens (including phenoxy) is 1. The summed E-state index contributed by atoms with van der Waals surface area (Å²) >= 11 is 0. The van der Waals surface area contributed by atoms with Gasteiger partial charge in [0.15, 0.2) is 6.10 Å². The van der Waals surface area contributed by atoms with Crippen LogP contribution in [0, 0.1) is 5.92 Å². The van der Waals surface area contributed by atoms with Gasteiger partial charge in [-0.1, -0.05) is 18.2 Å². The van der Waals surface area contributed by atoms with Crippen molar-refractivity contribution in [2.45, 2.75) is 44.8 Å². The van der Waals surface area contributed by atoms with Gasteiger partial charge >= 0.3 is 0 Å². The molecule has 29 heavy (non-hydrogen) atoms. The maximum atomic E-state index is 12.3. The number of rotatable bonds is 8. The fourth-order valence-corrected chi connectivity index (χ4v) is 3.51. The number of para-hydroxylation sites is 1. The molecule has 1 fully saturated rings. The van der Waals surface area contributed by atoms with E-state index in [1.165, 1.54) is 0 Å². The van der Waals surface area contributed by atoms with Crippen molar-refractivity contribution in [1.29, 1.82) is 0 Å². The molecule has 1 aliphatic rings. The number of carbonyl (C=O) groups is 1. The van der Waals surface area contributed by atoms with Crippen LogP contribution in [0.4, 0.5) is 11.8 Å². The van der Waals surface area contributed by atoms with Crippen LogP contribution < -0.4 is 20.3 Å². The van der Waals surface area contributed by atoms with Crippen LogP contribution in [-0.4, -0.2) is 48.7 Å². The minimum absolute atomic E-state index is 0.0667. The zero-order chi connectivity index (χ0) is 20.6. The number of anilines is 2. The fraction of sp³-hybridized carbons (Fsp3) is 0.500. The molecule has 1 aromatic heterocycles. The zero-order valence-electron chi connectivity index (χ0n) is 17.5. The second-order valence-corrected chi connectivity index (χ2v) is 7.81. The standard InChI is InChI=1S/C22H31N5O2/c1-16(29-19-7-5-4-6-8-19)21(28)24-15-17-9-11-18(12-10-17)25-22-23-14-13-20(26-22)27(2)3/h4-8,13-14,16-18H,9-12,15H2,1-3H3,(H,24,28)(H,23,25,26)/t16?,17-,18+. The molecule has 1 amide bonds. The van der Waals surface area contributed by atoms with E-state index in [0.717, 1.165) is 31.5 Å². The lowest BCUT2D eigenvalue weighted by atomic mass is 9.86. The number of benzene rings is 1. The minimum Gasteiger partial charge on any atom is -0.481 e. The first-order chi connectivity index (χ1) is 14.0. The van der Waals surface area contributed by atoms with Crippen LogP contribution in [0.25, 0.3) is 0 Å². The summed E-state index contributed by atoms with van der Waals surface area (Å²) in [5.74, 6) is 2.71. The van der Waals surface area contributed by atoms with E-state index in [9.17, 15) is 4.79 Å². The summed E-state index contributed by atoms with van der Waals surface area (Å²) in [6.45, 7) is 2.48. The number of hydrogen-bond acceptors (Lipinski definition) is 6. The van der Waals surface area contributed by atoms with E-state index >= 15 is 0 Å². The Morgan fingerprint density at radius 2 is 1.90 bits per heavy atom. The van der Waals surface area contributed by atoms with Crippen LogP contribution in [-0.2, 0) is 4.79 Å². The Labute approximate surface area is 172 Å². The predicted octanol–water partition coefficient (Wildman–Crippen LogP) is 3.10. The van der Waals surface area contributed by atoms with Crippen LogP contribution in [0.2, 0.25) is 0 Å². The van der Waals surface area contributed by atoms with E-state index in [1.54, 1.807) is 13.1 Å². The molecule has 0 saturated heterocycles. The normalized spacial score (nSPS) is 19.8. The van der Waals surface area contributed by atoms with E-state index < -0.39 is 6.10 Å². The number of nitrogens with one attached hydrogen (secondary N) is 2. The summed E-state index contributed by atoms with van der Waals surface area (Å²) in [6.07, 6.45) is 5.51. The molecule has 0 bridgehead atoms. The lowest BCUT2D eigenvalue weighted by Gasteiger charge is -2.29. The maximum Gasteiger partial charge on any atom is 0.260 e. The molecule has 1 aromatic carbocycles. The summed E-state index contributed by atoms with van der Waals surface area (Å²) in [7, 11) is 3.94.